The largest absolute Gasteiger partial charge is 0.500 e. The molecule has 0 aromatic carbocycles. The molecule has 0 saturated carbocycles. The number of carbonyl (C=O) groups is 1. The molecule has 0 bridgehead atoms. The van der Waals surface area contributed by atoms with Crippen LogP contribution in [0.15, 0.2) is 0 Å². The van der Waals surface area contributed by atoms with Gasteiger partial charge in [0.05, 0.1) is 6.42 Å². The van der Waals surface area contributed by atoms with Gasteiger partial charge in [-0.05, 0) is 47.0 Å². The molecule has 0 aliphatic rings. The second-order valence-corrected chi connectivity index (χ2v) is 9.43. The zero-order chi connectivity index (χ0) is 18.3. The highest BCUT2D eigenvalue weighted by Gasteiger charge is 2.39. The highest BCUT2D eigenvalue weighted by molar-refractivity contribution is 7.99. The van der Waals surface area contributed by atoms with Crippen molar-refractivity contribution in [1.29, 1.82) is 0 Å². The number of rotatable bonds is 16. The molecule has 0 saturated heterocycles. The highest BCUT2D eigenvalue weighted by Crippen LogP contribution is 2.20. The molecule has 0 atom stereocenters. The quantitative estimate of drug-likeness (QED) is 0.231. The average molecular weight is 382 g/mol. The van der Waals surface area contributed by atoms with E-state index in [9.17, 15) is 4.79 Å². The van der Waals surface area contributed by atoms with Crippen molar-refractivity contribution >= 4 is 26.5 Å². The Morgan fingerprint density at radius 2 is 1.58 bits per heavy atom. The molecule has 0 amide bonds. The van der Waals surface area contributed by atoms with E-state index in [1.54, 1.807) is 11.8 Å². The van der Waals surface area contributed by atoms with E-state index in [-0.39, 0.29) is 5.97 Å². The molecule has 24 heavy (non-hydrogen) atoms. The SMILES string of the molecule is CCO[Si](CCCSCCC(=O)OCCN(C)C)(OCC)OCC. The molecule has 0 rings (SSSR count). The summed E-state index contributed by atoms with van der Waals surface area (Å²) in [7, 11) is 1.40. The highest BCUT2D eigenvalue weighted by atomic mass is 32.2. The molecule has 0 spiro atoms. The number of carbonyl (C=O) groups excluding carboxylic acids is 1. The van der Waals surface area contributed by atoms with Crippen LogP contribution in [0.3, 0.4) is 0 Å². The van der Waals surface area contributed by atoms with Crippen molar-refractivity contribution in [2.75, 3.05) is 58.6 Å². The van der Waals surface area contributed by atoms with Crippen molar-refractivity contribution in [2.24, 2.45) is 0 Å². The average Bonchev–Trinajstić information content (AvgIpc) is 2.51. The zero-order valence-electron chi connectivity index (χ0n) is 16.0. The molecule has 0 aliphatic heterocycles. The maximum Gasteiger partial charge on any atom is 0.500 e. The molecule has 6 nitrogen and oxygen atoms in total. The predicted octanol–water partition coefficient (Wildman–Crippen LogP) is 2.65. The molecule has 0 unspecified atom stereocenters. The van der Waals surface area contributed by atoms with Gasteiger partial charge in [-0.25, -0.2) is 0 Å². The van der Waals surface area contributed by atoms with Gasteiger partial charge in [0.1, 0.15) is 6.61 Å². The first-order valence-corrected chi connectivity index (χ1v) is 11.9. The first kappa shape index (κ1) is 23.9. The molecular formula is C16H35NO5SSi. The Hall–Kier alpha value is -0.123. The van der Waals surface area contributed by atoms with Crippen molar-refractivity contribution in [3.63, 3.8) is 0 Å². The Balaban J connectivity index is 3.86. The van der Waals surface area contributed by atoms with Gasteiger partial charge in [-0.3, -0.25) is 4.79 Å². The van der Waals surface area contributed by atoms with Gasteiger partial charge in [-0.2, -0.15) is 11.8 Å². The van der Waals surface area contributed by atoms with Gasteiger partial charge >= 0.3 is 14.8 Å². The number of ether oxygens (including phenoxy) is 1. The minimum absolute atomic E-state index is 0.119. The smallest absolute Gasteiger partial charge is 0.464 e. The van der Waals surface area contributed by atoms with Crippen LogP contribution >= 0.6 is 11.8 Å². The van der Waals surface area contributed by atoms with Crippen LogP contribution in [0.1, 0.15) is 33.6 Å². The van der Waals surface area contributed by atoms with E-state index < -0.39 is 8.80 Å². The number of hydrogen-bond donors (Lipinski definition) is 0. The minimum atomic E-state index is -2.52. The number of hydrogen-bond acceptors (Lipinski definition) is 7. The van der Waals surface area contributed by atoms with Gasteiger partial charge in [0, 0.05) is 38.2 Å². The van der Waals surface area contributed by atoms with Gasteiger partial charge in [-0.1, -0.05) is 0 Å². The lowest BCUT2D eigenvalue weighted by Gasteiger charge is -2.28. The number of likely N-dealkylation sites (N-methyl/N-ethyl adjacent to an activating group) is 1. The van der Waals surface area contributed by atoms with Crippen LogP contribution in [0.5, 0.6) is 0 Å². The Morgan fingerprint density at radius 3 is 2.08 bits per heavy atom. The number of thioether (sulfide) groups is 1. The summed E-state index contributed by atoms with van der Waals surface area (Å²) in [5.41, 5.74) is 0. The maximum absolute atomic E-state index is 11.6. The molecule has 0 N–H and O–H groups in total. The van der Waals surface area contributed by atoms with E-state index in [1.807, 2.05) is 39.8 Å². The fourth-order valence-electron chi connectivity index (χ4n) is 2.06. The molecule has 0 heterocycles. The Labute approximate surface area is 152 Å². The fraction of sp³-hybridized carbons (Fsp3) is 0.938. The normalized spacial score (nSPS) is 11.9. The monoisotopic (exact) mass is 381 g/mol. The Morgan fingerprint density at radius 1 is 1.00 bits per heavy atom. The zero-order valence-corrected chi connectivity index (χ0v) is 17.8. The number of nitrogens with zero attached hydrogens (tertiary/aromatic N) is 1. The van der Waals surface area contributed by atoms with Gasteiger partial charge in [0.2, 0.25) is 0 Å². The van der Waals surface area contributed by atoms with Crippen LogP contribution < -0.4 is 0 Å². The molecular weight excluding hydrogens is 346 g/mol. The van der Waals surface area contributed by atoms with E-state index >= 15 is 0 Å². The van der Waals surface area contributed by atoms with Crippen LogP contribution in [-0.2, 0) is 22.8 Å². The lowest BCUT2D eigenvalue weighted by Crippen LogP contribution is -2.46. The summed E-state index contributed by atoms with van der Waals surface area (Å²) in [6.45, 7) is 8.96. The topological polar surface area (TPSA) is 57.2 Å². The summed E-state index contributed by atoms with van der Waals surface area (Å²) < 4.78 is 22.6. The standard InChI is InChI=1S/C16H35NO5SSi/c1-6-20-24(21-7-2,22-8-3)15-9-13-23-14-10-16(18)19-12-11-17(4)5/h6-15H2,1-5H3. The van der Waals surface area contributed by atoms with Gasteiger partial charge in [0.25, 0.3) is 0 Å². The van der Waals surface area contributed by atoms with Crippen molar-refractivity contribution < 1.29 is 22.8 Å². The van der Waals surface area contributed by atoms with E-state index in [4.69, 9.17) is 18.0 Å². The van der Waals surface area contributed by atoms with E-state index in [0.717, 1.165) is 30.5 Å². The lowest BCUT2D eigenvalue weighted by atomic mass is 10.5. The first-order chi connectivity index (χ1) is 11.5. The lowest BCUT2D eigenvalue weighted by molar-refractivity contribution is -0.143. The third-order valence-electron chi connectivity index (χ3n) is 3.12. The Kier molecular flexibility index (Phi) is 15.1. The first-order valence-electron chi connectivity index (χ1n) is 8.79. The number of esters is 1. The van der Waals surface area contributed by atoms with E-state index in [0.29, 0.717) is 32.8 Å². The molecule has 0 aliphatic carbocycles. The second-order valence-electron chi connectivity index (χ2n) is 5.47. The predicted molar refractivity (Wildman–Crippen MR) is 102 cm³/mol. The summed E-state index contributed by atoms with van der Waals surface area (Å²) in [4.78, 5) is 13.6. The summed E-state index contributed by atoms with van der Waals surface area (Å²) >= 11 is 1.76. The summed E-state index contributed by atoms with van der Waals surface area (Å²) in [6, 6.07) is 0.822. The van der Waals surface area contributed by atoms with Crippen LogP contribution in [0, 0.1) is 0 Å². The minimum Gasteiger partial charge on any atom is -0.464 e. The van der Waals surface area contributed by atoms with Crippen molar-refractivity contribution in [3.05, 3.63) is 0 Å². The van der Waals surface area contributed by atoms with Gasteiger partial charge in [-0.15, -0.1) is 0 Å². The third kappa shape index (κ3) is 12.3. The molecule has 0 radical (unpaired) electrons. The third-order valence-corrected chi connectivity index (χ3v) is 7.34. The fourth-order valence-corrected chi connectivity index (χ4v) is 5.80. The van der Waals surface area contributed by atoms with Crippen LogP contribution in [0.25, 0.3) is 0 Å². The molecule has 0 fully saturated rings. The van der Waals surface area contributed by atoms with Crippen molar-refractivity contribution in [1.82, 2.24) is 4.90 Å². The van der Waals surface area contributed by atoms with Gasteiger partial charge in [0.15, 0.2) is 0 Å². The second kappa shape index (κ2) is 15.2. The van der Waals surface area contributed by atoms with E-state index in [2.05, 4.69) is 0 Å². The molecule has 0 aromatic heterocycles. The Bertz CT molecular complexity index is 304. The van der Waals surface area contributed by atoms with Crippen molar-refractivity contribution in [2.45, 2.75) is 39.7 Å². The molecule has 0 aromatic rings. The van der Waals surface area contributed by atoms with Crippen molar-refractivity contribution in [3.8, 4) is 0 Å². The molecule has 144 valence electrons. The van der Waals surface area contributed by atoms with Crippen LogP contribution in [0.4, 0.5) is 0 Å². The van der Waals surface area contributed by atoms with E-state index in [1.165, 1.54) is 0 Å². The molecule has 8 heteroatoms. The van der Waals surface area contributed by atoms with Crippen LogP contribution in [0.2, 0.25) is 6.04 Å². The summed E-state index contributed by atoms with van der Waals surface area (Å²) in [5.74, 6) is 1.63. The maximum atomic E-state index is 11.6. The van der Waals surface area contributed by atoms with Crippen LogP contribution in [-0.4, -0.2) is 78.2 Å². The van der Waals surface area contributed by atoms with Gasteiger partial charge < -0.3 is 22.9 Å². The summed E-state index contributed by atoms with van der Waals surface area (Å²) in [6.07, 6.45) is 1.43. The summed E-state index contributed by atoms with van der Waals surface area (Å²) in [5, 5.41) is 0.